The lowest BCUT2D eigenvalue weighted by molar-refractivity contribution is -0.122. The summed E-state index contributed by atoms with van der Waals surface area (Å²) >= 11 is 6.18. The Labute approximate surface area is 201 Å². The minimum Gasteiger partial charge on any atom is -0.494 e. The molecule has 1 heterocycles. The van der Waals surface area contributed by atoms with Crippen molar-refractivity contribution in [2.24, 2.45) is 0 Å². The lowest BCUT2D eigenvalue weighted by Crippen LogP contribution is -2.33. The third-order valence-corrected chi connectivity index (χ3v) is 5.52. The Morgan fingerprint density at radius 3 is 2.59 bits per heavy atom. The molecule has 174 valence electrons. The normalized spacial score (nSPS) is 11.1. The van der Waals surface area contributed by atoms with E-state index in [1.54, 1.807) is 34.9 Å². The molecule has 0 radical (unpaired) electrons. The Morgan fingerprint density at radius 1 is 1.12 bits per heavy atom. The zero-order chi connectivity index (χ0) is 24.4. The van der Waals surface area contributed by atoms with Crippen LogP contribution in [-0.2, 0) is 11.3 Å². The number of hydrogen-bond acceptors (Lipinski definition) is 4. The number of carbonyl (C=O) groups is 2. The number of hydrogen-bond donors (Lipinski definition) is 1. The Kier molecular flexibility index (Phi) is 6.65. The van der Waals surface area contributed by atoms with Crippen molar-refractivity contribution >= 4 is 34.8 Å². The molecule has 0 unspecified atom stereocenters. The molecule has 0 spiro atoms. The molecule has 0 saturated heterocycles. The molecule has 1 N–H and O–H groups in total. The highest BCUT2D eigenvalue weighted by atomic mass is 35.5. The fraction of sp³-hybridized carbons (Fsp3) is 0.192. The van der Waals surface area contributed by atoms with Gasteiger partial charge in [-0.3, -0.25) is 9.59 Å². The van der Waals surface area contributed by atoms with Crippen LogP contribution in [-0.4, -0.2) is 34.9 Å². The van der Waals surface area contributed by atoms with Crippen LogP contribution >= 0.6 is 11.6 Å². The third-order valence-electron chi connectivity index (χ3n) is 5.30. The van der Waals surface area contributed by atoms with Gasteiger partial charge in [0.25, 0.3) is 0 Å². The predicted octanol–water partition coefficient (Wildman–Crippen LogP) is 5.51. The maximum Gasteiger partial charge on any atom is 0.240 e. The van der Waals surface area contributed by atoms with Gasteiger partial charge < -0.3 is 14.6 Å². The van der Waals surface area contributed by atoms with Crippen LogP contribution in [0.1, 0.15) is 24.2 Å². The van der Waals surface area contributed by atoms with E-state index in [-0.39, 0.29) is 24.2 Å². The molecule has 3 aromatic carbocycles. The largest absolute Gasteiger partial charge is 0.494 e. The van der Waals surface area contributed by atoms with Gasteiger partial charge in [-0.25, -0.2) is 9.37 Å². The number of amides is 1. The van der Waals surface area contributed by atoms with Crippen LogP contribution < -0.4 is 10.1 Å². The van der Waals surface area contributed by atoms with E-state index in [0.29, 0.717) is 27.5 Å². The first-order valence-corrected chi connectivity index (χ1v) is 11.1. The summed E-state index contributed by atoms with van der Waals surface area (Å²) in [5, 5.41) is 3.35. The first-order chi connectivity index (χ1) is 16.3. The van der Waals surface area contributed by atoms with Gasteiger partial charge in [0.05, 0.1) is 18.1 Å². The standard InChI is InChI=1S/C26H23ClFN3O3/c1-15(2)29-25(33)13-31-23-7-5-17(19-8-16(14-32)9-20(27)10-19)11-22(23)30-26(31)18-4-6-21(28)24(12-18)34-3/h4-12,14-15H,13H2,1-3H3,(H,29,33). The molecule has 0 aliphatic rings. The molecule has 34 heavy (non-hydrogen) atoms. The van der Waals surface area contributed by atoms with Crippen molar-refractivity contribution in [3.8, 4) is 28.3 Å². The molecule has 1 amide bonds. The second kappa shape index (κ2) is 9.65. The van der Waals surface area contributed by atoms with E-state index in [1.165, 1.54) is 13.2 Å². The Bertz CT molecular complexity index is 1400. The van der Waals surface area contributed by atoms with Crippen LogP contribution in [0.5, 0.6) is 5.75 Å². The molecular weight excluding hydrogens is 457 g/mol. The number of imidazole rings is 1. The van der Waals surface area contributed by atoms with Gasteiger partial charge in [-0.15, -0.1) is 0 Å². The van der Waals surface area contributed by atoms with Crippen molar-refractivity contribution in [1.82, 2.24) is 14.9 Å². The van der Waals surface area contributed by atoms with E-state index in [0.717, 1.165) is 22.9 Å². The van der Waals surface area contributed by atoms with E-state index in [1.807, 2.05) is 32.0 Å². The second-order valence-corrected chi connectivity index (χ2v) is 8.62. The molecule has 0 bridgehead atoms. The van der Waals surface area contributed by atoms with Gasteiger partial charge in [0, 0.05) is 22.2 Å². The quantitative estimate of drug-likeness (QED) is 0.355. The van der Waals surface area contributed by atoms with Crippen molar-refractivity contribution in [1.29, 1.82) is 0 Å². The smallest absolute Gasteiger partial charge is 0.240 e. The van der Waals surface area contributed by atoms with Crippen LogP contribution in [0.25, 0.3) is 33.5 Å². The van der Waals surface area contributed by atoms with Crippen LogP contribution in [0.15, 0.2) is 54.6 Å². The van der Waals surface area contributed by atoms with Crippen molar-refractivity contribution in [2.75, 3.05) is 7.11 Å². The number of halogens is 2. The highest BCUT2D eigenvalue weighted by molar-refractivity contribution is 6.31. The minimum absolute atomic E-state index is 0.0157. The van der Waals surface area contributed by atoms with Crippen LogP contribution in [0, 0.1) is 5.82 Å². The summed E-state index contributed by atoms with van der Waals surface area (Å²) in [5.74, 6) is -0.0624. The predicted molar refractivity (Wildman–Crippen MR) is 131 cm³/mol. The number of nitrogens with one attached hydrogen (secondary N) is 1. The maximum atomic E-state index is 14.0. The molecule has 1 aromatic heterocycles. The summed E-state index contributed by atoms with van der Waals surface area (Å²) in [6, 6.07) is 15.2. The van der Waals surface area contributed by atoms with Crippen LogP contribution in [0.4, 0.5) is 4.39 Å². The monoisotopic (exact) mass is 479 g/mol. The maximum absolute atomic E-state index is 14.0. The van der Waals surface area contributed by atoms with Crippen molar-refractivity contribution in [3.63, 3.8) is 0 Å². The lowest BCUT2D eigenvalue weighted by atomic mass is 10.0. The summed E-state index contributed by atoms with van der Waals surface area (Å²) < 4.78 is 20.9. The molecule has 0 atom stereocenters. The van der Waals surface area contributed by atoms with E-state index in [4.69, 9.17) is 21.3 Å². The van der Waals surface area contributed by atoms with E-state index in [9.17, 15) is 14.0 Å². The molecule has 4 rings (SSSR count). The average Bonchev–Trinajstić information content (AvgIpc) is 3.15. The van der Waals surface area contributed by atoms with Crippen LogP contribution in [0.3, 0.4) is 0 Å². The molecule has 0 aliphatic heterocycles. The summed E-state index contributed by atoms with van der Waals surface area (Å²) in [7, 11) is 1.39. The van der Waals surface area contributed by atoms with Crippen molar-refractivity contribution < 1.29 is 18.7 Å². The SMILES string of the molecule is COc1cc(-c2nc3cc(-c4cc(Cl)cc(C=O)c4)ccc3n2CC(=O)NC(C)C)ccc1F. The van der Waals surface area contributed by atoms with Gasteiger partial charge in [0.15, 0.2) is 11.6 Å². The first-order valence-electron chi connectivity index (χ1n) is 10.7. The molecule has 0 aliphatic carbocycles. The fourth-order valence-corrected chi connectivity index (χ4v) is 4.09. The highest BCUT2D eigenvalue weighted by Gasteiger charge is 2.18. The zero-order valence-electron chi connectivity index (χ0n) is 18.9. The van der Waals surface area contributed by atoms with Gasteiger partial charge in [-0.2, -0.15) is 0 Å². The zero-order valence-corrected chi connectivity index (χ0v) is 19.7. The molecular formula is C26H23ClFN3O3. The number of rotatable bonds is 7. The molecule has 0 fully saturated rings. The highest BCUT2D eigenvalue weighted by Crippen LogP contribution is 2.32. The number of fused-ring (bicyclic) bond motifs is 1. The third kappa shape index (κ3) is 4.79. The van der Waals surface area contributed by atoms with Crippen LogP contribution in [0.2, 0.25) is 5.02 Å². The number of aromatic nitrogens is 2. The van der Waals surface area contributed by atoms with Gasteiger partial charge in [-0.05, 0) is 73.5 Å². The summed E-state index contributed by atoms with van der Waals surface area (Å²) in [6.07, 6.45) is 0.746. The topological polar surface area (TPSA) is 73.2 Å². The summed E-state index contributed by atoms with van der Waals surface area (Å²) in [6.45, 7) is 3.82. The first kappa shape index (κ1) is 23.4. The van der Waals surface area contributed by atoms with E-state index >= 15 is 0 Å². The number of ether oxygens (including phenoxy) is 1. The Hall–Kier alpha value is -3.71. The number of carbonyl (C=O) groups excluding carboxylic acids is 2. The molecule has 8 heteroatoms. The average molecular weight is 480 g/mol. The Morgan fingerprint density at radius 2 is 1.88 bits per heavy atom. The molecule has 0 saturated carbocycles. The van der Waals surface area contributed by atoms with Gasteiger partial charge in [0.2, 0.25) is 5.91 Å². The van der Waals surface area contributed by atoms with Gasteiger partial charge in [0.1, 0.15) is 18.7 Å². The number of methoxy groups -OCH3 is 1. The van der Waals surface area contributed by atoms with Gasteiger partial charge in [-0.1, -0.05) is 17.7 Å². The number of nitrogens with zero attached hydrogens (tertiary/aromatic N) is 2. The summed E-state index contributed by atoms with van der Waals surface area (Å²) in [4.78, 5) is 28.7. The Balaban J connectivity index is 1.87. The number of aldehydes is 1. The molecule has 6 nitrogen and oxygen atoms in total. The van der Waals surface area contributed by atoms with Gasteiger partial charge >= 0.3 is 0 Å². The lowest BCUT2D eigenvalue weighted by Gasteiger charge is -2.13. The fourth-order valence-electron chi connectivity index (χ4n) is 3.85. The molecule has 4 aromatic rings. The second-order valence-electron chi connectivity index (χ2n) is 8.19. The van der Waals surface area contributed by atoms with E-state index < -0.39 is 5.82 Å². The van der Waals surface area contributed by atoms with Crippen molar-refractivity contribution in [3.05, 3.63) is 71.0 Å². The minimum atomic E-state index is -0.485. The van der Waals surface area contributed by atoms with E-state index in [2.05, 4.69) is 5.32 Å². The number of benzene rings is 3. The summed E-state index contributed by atoms with van der Waals surface area (Å²) in [5.41, 5.74) is 4.04. The van der Waals surface area contributed by atoms with Crippen molar-refractivity contribution in [2.45, 2.75) is 26.4 Å².